The molecule has 1 aliphatic carbocycles. The second kappa shape index (κ2) is 4.61. The van der Waals surface area contributed by atoms with Gasteiger partial charge in [0.25, 0.3) is 0 Å². The van der Waals surface area contributed by atoms with Crippen molar-refractivity contribution in [3.63, 3.8) is 0 Å². The maximum Gasteiger partial charge on any atom is 0.0807 e. The van der Waals surface area contributed by atoms with Crippen LogP contribution in [0, 0.1) is 6.92 Å². The van der Waals surface area contributed by atoms with Crippen molar-refractivity contribution >= 4 is 0 Å². The second-order valence-electron chi connectivity index (χ2n) is 5.02. The largest absolute Gasteiger partial charge is 0.388 e. The van der Waals surface area contributed by atoms with Crippen molar-refractivity contribution < 1.29 is 5.11 Å². The summed E-state index contributed by atoms with van der Waals surface area (Å²) in [6, 6.07) is 4.09. The minimum atomic E-state index is -0.265. The first-order chi connectivity index (χ1) is 8.75. The van der Waals surface area contributed by atoms with E-state index in [2.05, 4.69) is 22.7 Å². The molecule has 0 spiro atoms. The van der Waals surface area contributed by atoms with Gasteiger partial charge >= 0.3 is 0 Å². The Balaban J connectivity index is 1.83. The third-order valence-corrected chi connectivity index (χ3v) is 3.81. The zero-order chi connectivity index (χ0) is 12.5. The molecule has 1 unspecified atom stereocenters. The topological polar surface area (TPSA) is 43.0 Å². The van der Waals surface area contributed by atoms with Gasteiger partial charge in [0.1, 0.15) is 0 Å². The number of aliphatic hydroxyl groups is 1. The highest BCUT2D eigenvalue weighted by atomic mass is 16.3. The number of aromatic nitrogens is 3. The van der Waals surface area contributed by atoms with Gasteiger partial charge in [-0.25, -0.2) is 0 Å². The average molecular weight is 245 g/mol. The van der Waals surface area contributed by atoms with E-state index in [1.165, 1.54) is 11.4 Å². The number of rotatable bonds is 3. The normalized spacial score (nSPS) is 18.9. The van der Waals surface area contributed by atoms with Gasteiger partial charge in [0.05, 0.1) is 12.6 Å². The molecule has 0 saturated carbocycles. The molecule has 0 aliphatic heterocycles. The number of hydrogen-bond donors (Lipinski definition) is 1. The number of hydrogen-bond acceptors (Lipinski definition) is 2. The second-order valence-corrected chi connectivity index (χ2v) is 5.02. The van der Waals surface area contributed by atoms with Gasteiger partial charge in [-0.15, -0.1) is 0 Å². The Morgan fingerprint density at radius 3 is 3.11 bits per heavy atom. The van der Waals surface area contributed by atoms with E-state index >= 15 is 0 Å². The Morgan fingerprint density at radius 2 is 2.33 bits per heavy atom. The smallest absolute Gasteiger partial charge is 0.0807 e. The van der Waals surface area contributed by atoms with Crippen molar-refractivity contribution in [3.8, 4) is 0 Å². The van der Waals surface area contributed by atoms with Gasteiger partial charge in [-0.05, 0) is 38.3 Å². The summed E-state index contributed by atoms with van der Waals surface area (Å²) in [7, 11) is 0. The van der Waals surface area contributed by atoms with Gasteiger partial charge < -0.3 is 9.67 Å². The molecule has 1 aliphatic rings. The minimum absolute atomic E-state index is 0.265. The van der Waals surface area contributed by atoms with E-state index in [-0.39, 0.29) is 6.10 Å². The molecule has 0 bridgehead atoms. The van der Waals surface area contributed by atoms with Crippen LogP contribution in [0.25, 0.3) is 0 Å². The van der Waals surface area contributed by atoms with E-state index in [0.717, 1.165) is 37.9 Å². The third kappa shape index (κ3) is 1.97. The molecule has 96 valence electrons. The summed E-state index contributed by atoms with van der Waals surface area (Å²) in [6.45, 7) is 3.93. The van der Waals surface area contributed by atoms with E-state index in [4.69, 9.17) is 0 Å². The van der Waals surface area contributed by atoms with Crippen molar-refractivity contribution in [2.24, 2.45) is 0 Å². The first-order valence-electron chi connectivity index (χ1n) is 6.60. The predicted octanol–water partition coefficient (Wildman–Crippen LogP) is 2.06. The zero-order valence-corrected chi connectivity index (χ0v) is 10.7. The Bertz CT molecular complexity index is 527. The molecule has 4 heteroatoms. The van der Waals surface area contributed by atoms with Crippen LogP contribution in [0.2, 0.25) is 0 Å². The molecule has 3 rings (SSSR count). The molecule has 18 heavy (non-hydrogen) atoms. The van der Waals surface area contributed by atoms with E-state index in [0.29, 0.717) is 0 Å². The number of aryl methyl sites for hydroxylation is 2. The fourth-order valence-corrected chi connectivity index (χ4v) is 2.89. The molecule has 2 heterocycles. The lowest BCUT2D eigenvalue weighted by Crippen LogP contribution is -2.15. The Kier molecular flexibility index (Phi) is 2.96. The van der Waals surface area contributed by atoms with Crippen LogP contribution in [0.1, 0.15) is 35.9 Å². The fraction of sp³-hybridized carbons (Fsp3) is 0.500. The first kappa shape index (κ1) is 11.5. The molecule has 2 aromatic rings. The summed E-state index contributed by atoms with van der Waals surface area (Å²) in [4.78, 5) is 0. The SMILES string of the molecule is Cc1cc2c(n1CCn1cccn1)CCCC2O. The third-order valence-electron chi connectivity index (χ3n) is 3.81. The van der Waals surface area contributed by atoms with Crippen molar-refractivity contribution in [2.45, 2.75) is 45.4 Å². The maximum absolute atomic E-state index is 10.0. The summed E-state index contributed by atoms with van der Waals surface area (Å²) >= 11 is 0. The molecule has 0 radical (unpaired) electrons. The molecule has 1 atom stereocenters. The summed E-state index contributed by atoms with van der Waals surface area (Å²) in [6.07, 6.45) is 6.59. The number of aliphatic hydroxyl groups excluding tert-OH is 1. The Hall–Kier alpha value is -1.55. The van der Waals surface area contributed by atoms with Crippen LogP contribution in [-0.4, -0.2) is 19.5 Å². The molecule has 0 amide bonds. The van der Waals surface area contributed by atoms with Gasteiger partial charge in [0.2, 0.25) is 0 Å². The van der Waals surface area contributed by atoms with Gasteiger partial charge in [0, 0.05) is 35.9 Å². The highest BCUT2D eigenvalue weighted by Gasteiger charge is 2.22. The lowest BCUT2D eigenvalue weighted by Gasteiger charge is -2.20. The van der Waals surface area contributed by atoms with Gasteiger partial charge in [-0.2, -0.15) is 5.10 Å². The van der Waals surface area contributed by atoms with E-state index in [9.17, 15) is 5.11 Å². The zero-order valence-electron chi connectivity index (χ0n) is 10.7. The summed E-state index contributed by atoms with van der Waals surface area (Å²) in [5.41, 5.74) is 3.70. The highest BCUT2D eigenvalue weighted by molar-refractivity contribution is 5.31. The Labute approximate surface area is 107 Å². The van der Waals surface area contributed by atoms with Crippen LogP contribution in [0.5, 0.6) is 0 Å². The van der Waals surface area contributed by atoms with Crippen molar-refractivity contribution in [2.75, 3.05) is 0 Å². The number of nitrogens with zero attached hydrogens (tertiary/aromatic N) is 3. The van der Waals surface area contributed by atoms with Crippen LogP contribution in [0.3, 0.4) is 0 Å². The highest BCUT2D eigenvalue weighted by Crippen LogP contribution is 2.32. The molecule has 0 aromatic carbocycles. The standard InChI is InChI=1S/C14H19N3O/c1-11-10-12-13(4-2-5-14(12)18)17(11)9-8-16-7-3-6-15-16/h3,6-7,10,14,18H,2,4-5,8-9H2,1H3. The van der Waals surface area contributed by atoms with Crippen LogP contribution in [0.4, 0.5) is 0 Å². The summed E-state index contributed by atoms with van der Waals surface area (Å²) in [5.74, 6) is 0. The molecular formula is C14H19N3O. The minimum Gasteiger partial charge on any atom is -0.388 e. The van der Waals surface area contributed by atoms with Crippen LogP contribution in [-0.2, 0) is 19.5 Å². The monoisotopic (exact) mass is 245 g/mol. The summed E-state index contributed by atoms with van der Waals surface area (Å²) < 4.78 is 4.28. The Morgan fingerprint density at radius 1 is 1.44 bits per heavy atom. The summed E-state index contributed by atoms with van der Waals surface area (Å²) in [5, 5.41) is 14.2. The fourth-order valence-electron chi connectivity index (χ4n) is 2.89. The lowest BCUT2D eigenvalue weighted by molar-refractivity contribution is 0.155. The van der Waals surface area contributed by atoms with Crippen LogP contribution < -0.4 is 0 Å². The van der Waals surface area contributed by atoms with Crippen molar-refractivity contribution in [1.82, 2.24) is 14.3 Å². The molecule has 2 aromatic heterocycles. The van der Waals surface area contributed by atoms with Gasteiger partial charge in [-0.3, -0.25) is 4.68 Å². The van der Waals surface area contributed by atoms with Crippen LogP contribution in [0.15, 0.2) is 24.5 Å². The van der Waals surface area contributed by atoms with E-state index in [1.807, 2.05) is 23.1 Å². The van der Waals surface area contributed by atoms with E-state index in [1.54, 1.807) is 0 Å². The van der Waals surface area contributed by atoms with Crippen molar-refractivity contribution in [3.05, 3.63) is 41.5 Å². The van der Waals surface area contributed by atoms with E-state index < -0.39 is 0 Å². The molecule has 4 nitrogen and oxygen atoms in total. The molecule has 0 saturated heterocycles. The van der Waals surface area contributed by atoms with Crippen molar-refractivity contribution in [1.29, 1.82) is 0 Å². The van der Waals surface area contributed by atoms with Crippen LogP contribution >= 0.6 is 0 Å². The molecule has 0 fully saturated rings. The van der Waals surface area contributed by atoms with Gasteiger partial charge in [0.15, 0.2) is 0 Å². The quantitative estimate of drug-likeness (QED) is 0.899. The molecular weight excluding hydrogens is 226 g/mol. The van der Waals surface area contributed by atoms with Gasteiger partial charge in [-0.1, -0.05) is 0 Å². The predicted molar refractivity (Wildman–Crippen MR) is 69.3 cm³/mol. The number of fused-ring (bicyclic) bond motifs is 1. The lowest BCUT2D eigenvalue weighted by atomic mass is 9.95. The first-order valence-corrected chi connectivity index (χ1v) is 6.60. The molecule has 1 N–H and O–H groups in total. The average Bonchev–Trinajstić information content (AvgIpc) is 2.95. The maximum atomic E-state index is 10.0.